The van der Waals surface area contributed by atoms with E-state index in [9.17, 15) is 0 Å². The maximum atomic E-state index is 5.54. The second kappa shape index (κ2) is 2.45. The minimum absolute atomic E-state index is 0.478. The number of rotatable bonds is 0. The van der Waals surface area contributed by atoms with E-state index in [4.69, 9.17) is 5.73 Å². The van der Waals surface area contributed by atoms with Gasteiger partial charge in [0.15, 0.2) is 5.65 Å². The van der Waals surface area contributed by atoms with Gasteiger partial charge in [0.1, 0.15) is 5.82 Å². The number of hydrogen-bond acceptors (Lipinski definition) is 3. The topological polar surface area (TPSA) is 56.2 Å². The molecule has 0 unspecified atom stereocenters. The standard InChI is InChI=1S/C7H7BrN4/c1-4-3-12-7(10-4)5(8)2-6(9)11-12/h2-3H,1H3,(H2,9,11). The SMILES string of the molecule is Cc1cn2nc(N)cc(Br)c2n1. The molecule has 2 N–H and O–H groups in total. The van der Waals surface area contributed by atoms with Crippen LogP contribution in [0.25, 0.3) is 5.65 Å². The lowest BCUT2D eigenvalue weighted by atomic mass is 10.5. The van der Waals surface area contributed by atoms with Crippen molar-refractivity contribution in [2.24, 2.45) is 0 Å². The van der Waals surface area contributed by atoms with Gasteiger partial charge in [0, 0.05) is 6.07 Å². The Kier molecular flexibility index (Phi) is 1.54. The van der Waals surface area contributed by atoms with Gasteiger partial charge in [-0.05, 0) is 22.9 Å². The summed E-state index contributed by atoms with van der Waals surface area (Å²) in [5, 5.41) is 4.06. The number of halogens is 1. The zero-order valence-electron chi connectivity index (χ0n) is 6.45. The van der Waals surface area contributed by atoms with E-state index in [-0.39, 0.29) is 0 Å². The van der Waals surface area contributed by atoms with Crippen LogP contribution in [-0.4, -0.2) is 14.6 Å². The van der Waals surface area contributed by atoms with Crippen LogP contribution >= 0.6 is 15.9 Å². The molecule has 0 radical (unpaired) electrons. The second-order valence-electron chi connectivity index (χ2n) is 2.57. The molecule has 0 bridgehead atoms. The van der Waals surface area contributed by atoms with Gasteiger partial charge in [0.2, 0.25) is 0 Å². The Hall–Kier alpha value is -1.10. The third-order valence-corrected chi connectivity index (χ3v) is 2.10. The number of aryl methyl sites for hydroxylation is 1. The average molecular weight is 227 g/mol. The quantitative estimate of drug-likeness (QED) is 0.739. The first-order chi connectivity index (χ1) is 5.66. The fraction of sp³-hybridized carbons (Fsp3) is 0.143. The predicted molar refractivity (Wildman–Crippen MR) is 49.8 cm³/mol. The maximum absolute atomic E-state index is 5.54. The van der Waals surface area contributed by atoms with E-state index in [0.29, 0.717) is 5.82 Å². The van der Waals surface area contributed by atoms with Crippen LogP contribution in [0, 0.1) is 6.92 Å². The van der Waals surface area contributed by atoms with Gasteiger partial charge in [-0.1, -0.05) is 0 Å². The lowest BCUT2D eigenvalue weighted by Gasteiger charge is -1.96. The molecule has 2 heterocycles. The summed E-state index contributed by atoms with van der Waals surface area (Å²) in [7, 11) is 0. The molecule has 0 aliphatic rings. The lowest BCUT2D eigenvalue weighted by Crippen LogP contribution is -1.97. The maximum Gasteiger partial charge on any atom is 0.168 e. The highest BCUT2D eigenvalue weighted by molar-refractivity contribution is 9.10. The predicted octanol–water partition coefficient (Wildman–Crippen LogP) is 1.38. The Labute approximate surface area is 77.5 Å². The van der Waals surface area contributed by atoms with Crippen LogP contribution in [0.3, 0.4) is 0 Å². The van der Waals surface area contributed by atoms with Crippen molar-refractivity contribution >= 4 is 27.4 Å². The van der Waals surface area contributed by atoms with Crippen LogP contribution < -0.4 is 5.73 Å². The second-order valence-corrected chi connectivity index (χ2v) is 3.42. The largest absolute Gasteiger partial charge is 0.382 e. The molecule has 2 rings (SSSR count). The normalized spacial score (nSPS) is 10.8. The zero-order chi connectivity index (χ0) is 8.72. The summed E-state index contributed by atoms with van der Waals surface area (Å²) in [6.45, 7) is 1.91. The molecule has 0 saturated heterocycles. The molecule has 0 aliphatic heterocycles. The lowest BCUT2D eigenvalue weighted by molar-refractivity contribution is 0.940. The van der Waals surface area contributed by atoms with Gasteiger partial charge in [-0.2, -0.15) is 0 Å². The highest BCUT2D eigenvalue weighted by atomic mass is 79.9. The molecule has 0 aromatic carbocycles. The Balaban J connectivity index is 2.88. The van der Waals surface area contributed by atoms with Crippen LogP contribution in [0.2, 0.25) is 0 Å². The summed E-state index contributed by atoms with van der Waals surface area (Å²) in [6, 6.07) is 1.74. The Bertz CT molecular complexity index is 434. The number of anilines is 1. The van der Waals surface area contributed by atoms with E-state index in [0.717, 1.165) is 15.8 Å². The van der Waals surface area contributed by atoms with Crippen molar-refractivity contribution in [2.75, 3.05) is 5.73 Å². The number of nitrogens with two attached hydrogens (primary N) is 1. The van der Waals surface area contributed by atoms with Crippen molar-refractivity contribution in [2.45, 2.75) is 6.92 Å². The van der Waals surface area contributed by atoms with Crippen LogP contribution in [-0.2, 0) is 0 Å². The Morgan fingerprint density at radius 1 is 1.58 bits per heavy atom. The molecular formula is C7H7BrN4. The van der Waals surface area contributed by atoms with Crippen molar-refractivity contribution in [3.05, 3.63) is 22.4 Å². The minimum Gasteiger partial charge on any atom is -0.382 e. The molecule has 12 heavy (non-hydrogen) atoms. The molecule has 62 valence electrons. The van der Waals surface area contributed by atoms with Crippen LogP contribution in [0.15, 0.2) is 16.7 Å². The first-order valence-corrected chi connectivity index (χ1v) is 4.24. The van der Waals surface area contributed by atoms with Crippen LogP contribution in [0.5, 0.6) is 0 Å². The molecule has 0 fully saturated rings. The highest BCUT2D eigenvalue weighted by Gasteiger charge is 2.03. The van der Waals surface area contributed by atoms with Gasteiger partial charge >= 0.3 is 0 Å². The number of nitrogens with zero attached hydrogens (tertiary/aromatic N) is 3. The minimum atomic E-state index is 0.478. The molecule has 2 aromatic rings. The monoisotopic (exact) mass is 226 g/mol. The first kappa shape index (κ1) is 7.54. The summed E-state index contributed by atoms with van der Waals surface area (Å²) >= 11 is 3.36. The summed E-state index contributed by atoms with van der Waals surface area (Å²) in [4.78, 5) is 4.25. The van der Waals surface area contributed by atoms with Gasteiger partial charge in [-0.15, -0.1) is 5.10 Å². The molecule has 0 atom stereocenters. The average Bonchev–Trinajstić information content (AvgIpc) is 2.29. The van der Waals surface area contributed by atoms with Crippen LogP contribution in [0.4, 0.5) is 5.82 Å². The van der Waals surface area contributed by atoms with Crippen molar-refractivity contribution in [1.82, 2.24) is 14.6 Å². The zero-order valence-corrected chi connectivity index (χ0v) is 8.04. The number of aromatic nitrogens is 3. The van der Waals surface area contributed by atoms with E-state index in [1.165, 1.54) is 0 Å². The van der Waals surface area contributed by atoms with E-state index in [2.05, 4.69) is 26.0 Å². The van der Waals surface area contributed by atoms with E-state index < -0.39 is 0 Å². The molecular weight excluding hydrogens is 220 g/mol. The van der Waals surface area contributed by atoms with Crippen LogP contribution in [0.1, 0.15) is 5.69 Å². The van der Waals surface area contributed by atoms with Gasteiger partial charge in [-0.3, -0.25) is 0 Å². The number of imidazole rings is 1. The first-order valence-electron chi connectivity index (χ1n) is 3.45. The summed E-state index contributed by atoms with van der Waals surface area (Å²) in [5.41, 5.74) is 7.26. The molecule has 0 spiro atoms. The van der Waals surface area contributed by atoms with E-state index in [1.54, 1.807) is 10.6 Å². The number of nitrogen functional groups attached to an aromatic ring is 1. The summed E-state index contributed by atoms with van der Waals surface area (Å²) < 4.78 is 2.53. The number of hydrogen-bond donors (Lipinski definition) is 1. The smallest absolute Gasteiger partial charge is 0.168 e. The summed E-state index contributed by atoms with van der Waals surface area (Å²) in [5.74, 6) is 0.478. The van der Waals surface area contributed by atoms with E-state index in [1.807, 2.05) is 13.1 Å². The fourth-order valence-corrected chi connectivity index (χ4v) is 1.58. The van der Waals surface area contributed by atoms with E-state index >= 15 is 0 Å². The molecule has 5 heteroatoms. The molecule has 0 saturated carbocycles. The highest BCUT2D eigenvalue weighted by Crippen LogP contribution is 2.18. The summed E-state index contributed by atoms with van der Waals surface area (Å²) in [6.07, 6.45) is 1.83. The molecule has 0 amide bonds. The Morgan fingerprint density at radius 3 is 3.08 bits per heavy atom. The third-order valence-electron chi connectivity index (χ3n) is 1.52. The van der Waals surface area contributed by atoms with Crippen molar-refractivity contribution < 1.29 is 0 Å². The molecule has 2 aromatic heterocycles. The van der Waals surface area contributed by atoms with Gasteiger partial charge in [0.25, 0.3) is 0 Å². The van der Waals surface area contributed by atoms with Crippen molar-refractivity contribution in [1.29, 1.82) is 0 Å². The fourth-order valence-electron chi connectivity index (χ4n) is 1.07. The van der Waals surface area contributed by atoms with Gasteiger partial charge in [-0.25, -0.2) is 9.50 Å². The van der Waals surface area contributed by atoms with Gasteiger partial charge in [0.05, 0.1) is 16.4 Å². The van der Waals surface area contributed by atoms with Gasteiger partial charge < -0.3 is 5.73 Å². The van der Waals surface area contributed by atoms with Crippen molar-refractivity contribution in [3.63, 3.8) is 0 Å². The van der Waals surface area contributed by atoms with Crippen molar-refractivity contribution in [3.8, 4) is 0 Å². The third kappa shape index (κ3) is 1.06. The molecule has 4 nitrogen and oxygen atoms in total. The number of fused-ring (bicyclic) bond motifs is 1. The Morgan fingerprint density at radius 2 is 2.33 bits per heavy atom. The molecule has 0 aliphatic carbocycles.